The standard InChI is InChI=1S/C33H34N6O3S/c1-22-15-16-26-27(12-6-14-30(26)39-43(40,41)23(2)24-9-4-3-5-10-24)31(22)42-32-28(13-8-19-35-32)29-17-20-36-33(38-29)37-25-11-7-18-34-21-25/h3-6,8-10,12-17,19-20,23,25,34,39H,7,11,18,21H2,1-2H3,(H,36,37,38)/t23-,25-/m0/s1. The first-order valence-corrected chi connectivity index (χ1v) is 16.0. The summed E-state index contributed by atoms with van der Waals surface area (Å²) in [5.41, 5.74) is 3.49. The molecule has 2 aromatic heterocycles. The number of nitrogens with one attached hydrogen (secondary N) is 3. The van der Waals surface area contributed by atoms with Gasteiger partial charge < -0.3 is 15.4 Å². The zero-order chi connectivity index (χ0) is 29.8. The van der Waals surface area contributed by atoms with Crippen molar-refractivity contribution in [3.8, 4) is 22.9 Å². The number of hydrogen-bond donors (Lipinski definition) is 3. The van der Waals surface area contributed by atoms with Gasteiger partial charge in [-0.15, -0.1) is 0 Å². The Kier molecular flexibility index (Phi) is 8.22. The van der Waals surface area contributed by atoms with Gasteiger partial charge in [-0.25, -0.2) is 23.4 Å². The number of aromatic nitrogens is 3. The van der Waals surface area contributed by atoms with Crippen molar-refractivity contribution in [1.82, 2.24) is 20.3 Å². The second kappa shape index (κ2) is 12.4. The molecule has 220 valence electrons. The summed E-state index contributed by atoms with van der Waals surface area (Å²) in [5.74, 6) is 1.55. The Labute approximate surface area is 251 Å². The number of rotatable bonds is 9. The molecular weight excluding hydrogens is 560 g/mol. The van der Waals surface area contributed by atoms with E-state index in [1.54, 1.807) is 25.4 Å². The highest BCUT2D eigenvalue weighted by Crippen LogP contribution is 2.39. The molecule has 5 aromatic rings. The van der Waals surface area contributed by atoms with E-state index in [1.807, 2.05) is 79.7 Å². The summed E-state index contributed by atoms with van der Waals surface area (Å²) in [6.07, 6.45) is 5.58. The van der Waals surface area contributed by atoms with Gasteiger partial charge in [-0.05, 0) is 68.6 Å². The topological polar surface area (TPSA) is 118 Å². The van der Waals surface area contributed by atoms with Gasteiger partial charge in [-0.3, -0.25) is 4.72 Å². The van der Waals surface area contributed by atoms with Crippen molar-refractivity contribution in [2.45, 2.75) is 38.0 Å². The zero-order valence-electron chi connectivity index (χ0n) is 24.1. The first-order valence-electron chi connectivity index (χ1n) is 14.4. The van der Waals surface area contributed by atoms with Crippen LogP contribution in [0.4, 0.5) is 11.6 Å². The third kappa shape index (κ3) is 6.30. The lowest BCUT2D eigenvalue weighted by Gasteiger charge is -2.23. The number of ether oxygens (including phenoxy) is 1. The fourth-order valence-corrected chi connectivity index (χ4v) is 6.48. The second-order valence-corrected chi connectivity index (χ2v) is 12.7. The maximum absolute atomic E-state index is 13.4. The molecule has 1 fully saturated rings. The minimum Gasteiger partial charge on any atom is -0.437 e. The largest absolute Gasteiger partial charge is 0.437 e. The van der Waals surface area contributed by atoms with Gasteiger partial charge in [0.2, 0.25) is 21.9 Å². The molecule has 0 spiro atoms. The highest BCUT2D eigenvalue weighted by molar-refractivity contribution is 7.92. The van der Waals surface area contributed by atoms with Crippen molar-refractivity contribution in [2.75, 3.05) is 23.1 Å². The van der Waals surface area contributed by atoms with Crippen molar-refractivity contribution in [1.29, 1.82) is 0 Å². The predicted molar refractivity (Wildman–Crippen MR) is 171 cm³/mol. The van der Waals surface area contributed by atoms with Crippen LogP contribution in [0.2, 0.25) is 0 Å². The molecule has 3 aromatic carbocycles. The van der Waals surface area contributed by atoms with E-state index in [9.17, 15) is 8.42 Å². The zero-order valence-corrected chi connectivity index (χ0v) is 24.9. The summed E-state index contributed by atoms with van der Waals surface area (Å²) >= 11 is 0. The van der Waals surface area contributed by atoms with E-state index in [4.69, 9.17) is 9.72 Å². The average molecular weight is 595 g/mol. The summed E-state index contributed by atoms with van der Waals surface area (Å²) in [7, 11) is -3.72. The number of fused-ring (bicyclic) bond motifs is 1. The molecule has 3 heterocycles. The highest BCUT2D eigenvalue weighted by Gasteiger charge is 2.24. The van der Waals surface area contributed by atoms with E-state index in [0.717, 1.165) is 53.4 Å². The molecule has 10 heteroatoms. The number of aryl methyl sites for hydroxylation is 1. The number of nitrogens with zero attached hydrogens (tertiary/aromatic N) is 3. The third-order valence-electron chi connectivity index (χ3n) is 7.73. The predicted octanol–water partition coefficient (Wildman–Crippen LogP) is 6.46. The summed E-state index contributed by atoms with van der Waals surface area (Å²) in [6.45, 7) is 5.54. The normalized spacial score (nSPS) is 16.0. The van der Waals surface area contributed by atoms with Crippen LogP contribution >= 0.6 is 0 Å². The van der Waals surface area contributed by atoms with Crippen LogP contribution in [0.25, 0.3) is 22.0 Å². The Morgan fingerprint density at radius 1 is 0.930 bits per heavy atom. The molecule has 0 amide bonds. The van der Waals surface area contributed by atoms with Gasteiger partial charge in [0.25, 0.3) is 0 Å². The first-order chi connectivity index (χ1) is 20.9. The van der Waals surface area contributed by atoms with Crippen LogP contribution in [0.3, 0.4) is 0 Å². The van der Waals surface area contributed by atoms with Crippen LogP contribution in [0.15, 0.2) is 91.3 Å². The minimum atomic E-state index is -3.72. The molecule has 1 aliphatic rings. The average Bonchev–Trinajstić information content (AvgIpc) is 3.03. The van der Waals surface area contributed by atoms with Gasteiger partial charge >= 0.3 is 0 Å². The van der Waals surface area contributed by atoms with E-state index in [0.29, 0.717) is 29.0 Å². The fraction of sp³-hybridized carbons (Fsp3) is 0.242. The van der Waals surface area contributed by atoms with Gasteiger partial charge in [-0.1, -0.05) is 54.6 Å². The van der Waals surface area contributed by atoms with Crippen molar-refractivity contribution in [3.05, 3.63) is 102 Å². The lowest BCUT2D eigenvalue weighted by Crippen LogP contribution is -2.38. The molecule has 3 N–H and O–H groups in total. The molecule has 1 saturated heterocycles. The van der Waals surface area contributed by atoms with Crippen molar-refractivity contribution in [3.63, 3.8) is 0 Å². The number of pyridine rings is 1. The molecule has 0 saturated carbocycles. The molecule has 2 atom stereocenters. The smallest absolute Gasteiger partial charge is 0.239 e. The molecule has 0 radical (unpaired) electrons. The maximum atomic E-state index is 13.4. The van der Waals surface area contributed by atoms with Crippen LogP contribution in [-0.2, 0) is 10.0 Å². The molecule has 1 aliphatic heterocycles. The van der Waals surface area contributed by atoms with Gasteiger partial charge in [0.15, 0.2) is 0 Å². The lowest BCUT2D eigenvalue weighted by atomic mass is 10.0. The molecular formula is C33H34N6O3S. The van der Waals surface area contributed by atoms with Crippen LogP contribution in [0.5, 0.6) is 11.6 Å². The van der Waals surface area contributed by atoms with Gasteiger partial charge in [0.05, 0.1) is 16.9 Å². The third-order valence-corrected chi connectivity index (χ3v) is 9.43. The van der Waals surface area contributed by atoms with Crippen molar-refractivity contribution < 1.29 is 13.2 Å². The van der Waals surface area contributed by atoms with Crippen LogP contribution in [-0.4, -0.2) is 42.5 Å². The van der Waals surface area contributed by atoms with E-state index in [2.05, 4.69) is 25.3 Å². The highest BCUT2D eigenvalue weighted by atomic mass is 32.2. The molecule has 0 bridgehead atoms. The Bertz CT molecular complexity index is 1840. The van der Waals surface area contributed by atoms with E-state index in [1.165, 1.54) is 0 Å². The lowest BCUT2D eigenvalue weighted by molar-refractivity contribution is 0.466. The van der Waals surface area contributed by atoms with Gasteiger partial charge in [-0.2, -0.15) is 0 Å². The number of anilines is 2. The first kappa shape index (κ1) is 28.6. The summed E-state index contributed by atoms with van der Waals surface area (Å²) in [5, 5.41) is 7.59. The fourth-order valence-electron chi connectivity index (χ4n) is 5.31. The van der Waals surface area contributed by atoms with E-state index in [-0.39, 0.29) is 6.04 Å². The van der Waals surface area contributed by atoms with Crippen LogP contribution in [0.1, 0.15) is 36.1 Å². The quantitative estimate of drug-likeness (QED) is 0.178. The van der Waals surface area contributed by atoms with Gasteiger partial charge in [0.1, 0.15) is 11.0 Å². The minimum absolute atomic E-state index is 0.272. The molecule has 0 aliphatic carbocycles. The van der Waals surface area contributed by atoms with Crippen LogP contribution in [0, 0.1) is 6.92 Å². The van der Waals surface area contributed by atoms with Crippen LogP contribution < -0.4 is 20.1 Å². The summed E-state index contributed by atoms with van der Waals surface area (Å²) in [4.78, 5) is 13.8. The van der Waals surface area contributed by atoms with Gasteiger partial charge in [0, 0.05) is 35.8 Å². The molecule has 9 nitrogen and oxygen atoms in total. The maximum Gasteiger partial charge on any atom is 0.239 e. The molecule has 43 heavy (non-hydrogen) atoms. The summed E-state index contributed by atoms with van der Waals surface area (Å²) < 4.78 is 36.1. The number of piperidine rings is 1. The van der Waals surface area contributed by atoms with E-state index >= 15 is 0 Å². The Balaban J connectivity index is 1.32. The van der Waals surface area contributed by atoms with Crippen molar-refractivity contribution >= 4 is 32.4 Å². The Hall–Kier alpha value is -4.54. The Morgan fingerprint density at radius 2 is 1.79 bits per heavy atom. The molecule has 6 rings (SSSR count). The molecule has 0 unspecified atom stereocenters. The van der Waals surface area contributed by atoms with E-state index < -0.39 is 15.3 Å². The van der Waals surface area contributed by atoms with Crippen molar-refractivity contribution in [2.24, 2.45) is 0 Å². The SMILES string of the molecule is Cc1ccc2c(NS(=O)(=O)[C@@H](C)c3ccccc3)cccc2c1Oc1ncccc1-c1ccnc(N[C@H]2CCCNC2)n1. The number of sulfonamides is 1. The summed E-state index contributed by atoms with van der Waals surface area (Å²) in [6, 6.07) is 24.4. The second-order valence-electron chi connectivity index (χ2n) is 10.7. The number of benzene rings is 3. The number of hydrogen-bond acceptors (Lipinski definition) is 8. The Morgan fingerprint density at radius 3 is 2.60 bits per heavy atom. The monoisotopic (exact) mass is 594 g/mol.